The first kappa shape index (κ1) is 17.0. The van der Waals surface area contributed by atoms with E-state index in [1.807, 2.05) is 19.1 Å². The molecule has 1 fully saturated rings. The Balaban J connectivity index is 1.63. The molecule has 1 amide bonds. The molecule has 0 bridgehead atoms. The summed E-state index contributed by atoms with van der Waals surface area (Å²) in [6.45, 7) is 5.21. The highest BCUT2D eigenvalue weighted by Crippen LogP contribution is 2.17. The summed E-state index contributed by atoms with van der Waals surface area (Å²) in [5.41, 5.74) is 12.2. The lowest BCUT2D eigenvalue weighted by Crippen LogP contribution is -2.36. The van der Waals surface area contributed by atoms with Crippen LogP contribution in [0.25, 0.3) is 0 Å². The molecule has 0 unspecified atom stereocenters. The predicted octanol–water partition coefficient (Wildman–Crippen LogP) is 2.26. The van der Waals surface area contributed by atoms with Gasteiger partial charge in [0.15, 0.2) is 0 Å². The van der Waals surface area contributed by atoms with Crippen LogP contribution < -0.4 is 16.1 Å². The van der Waals surface area contributed by atoms with Crippen molar-refractivity contribution < 1.29 is 9.53 Å². The number of hydrogen-bond donors (Lipinski definition) is 2. The van der Waals surface area contributed by atoms with E-state index in [9.17, 15) is 4.79 Å². The third-order valence-corrected chi connectivity index (χ3v) is 4.16. The Morgan fingerprint density at radius 2 is 1.64 bits per heavy atom. The number of hydrogen-bond acceptors (Lipinski definition) is 5. The Labute approximate surface area is 147 Å². The normalized spacial score (nSPS) is 15.1. The second-order valence-corrected chi connectivity index (χ2v) is 5.91. The van der Waals surface area contributed by atoms with Gasteiger partial charge in [-0.3, -0.25) is 4.79 Å². The molecular formula is C19H22N4O2. The van der Waals surface area contributed by atoms with E-state index < -0.39 is 0 Å². The van der Waals surface area contributed by atoms with Gasteiger partial charge in [-0.15, -0.1) is 0 Å². The number of carbonyl (C=O) groups is 1. The number of nitrogens with one attached hydrogen (secondary N) is 1. The van der Waals surface area contributed by atoms with Crippen molar-refractivity contribution in [1.82, 2.24) is 5.43 Å². The molecule has 25 heavy (non-hydrogen) atoms. The number of amides is 1. The Hall–Kier alpha value is -2.86. The Morgan fingerprint density at radius 1 is 1.04 bits per heavy atom. The first-order chi connectivity index (χ1) is 12.1. The van der Waals surface area contributed by atoms with Crippen molar-refractivity contribution in [2.75, 3.05) is 36.9 Å². The maximum absolute atomic E-state index is 12.1. The highest BCUT2D eigenvalue weighted by Gasteiger charge is 2.11. The molecular weight excluding hydrogens is 316 g/mol. The largest absolute Gasteiger partial charge is 0.399 e. The standard InChI is InChI=1S/C19H22N4O2/c1-14(21-22-19(24)16-2-6-17(20)7-3-16)15-4-8-18(9-5-15)23-10-12-25-13-11-23/h2-9H,10-13,20H2,1H3,(H,22,24)/b21-14-. The molecule has 1 aliphatic rings. The minimum Gasteiger partial charge on any atom is -0.399 e. The third kappa shape index (κ3) is 4.36. The second-order valence-electron chi connectivity index (χ2n) is 5.91. The lowest BCUT2D eigenvalue weighted by molar-refractivity contribution is 0.0955. The fourth-order valence-corrected chi connectivity index (χ4v) is 2.63. The summed E-state index contributed by atoms with van der Waals surface area (Å²) in [6.07, 6.45) is 0. The second kappa shape index (κ2) is 7.81. The number of hydrazone groups is 1. The van der Waals surface area contributed by atoms with E-state index in [0.29, 0.717) is 11.3 Å². The molecule has 6 heteroatoms. The number of benzene rings is 2. The molecule has 0 aromatic heterocycles. The molecule has 0 atom stereocenters. The lowest BCUT2D eigenvalue weighted by atomic mass is 10.1. The summed E-state index contributed by atoms with van der Waals surface area (Å²) in [5, 5.41) is 4.19. The van der Waals surface area contributed by atoms with Crippen molar-refractivity contribution in [1.29, 1.82) is 0 Å². The molecule has 0 spiro atoms. The van der Waals surface area contributed by atoms with Gasteiger partial charge < -0.3 is 15.4 Å². The van der Waals surface area contributed by atoms with Crippen LogP contribution >= 0.6 is 0 Å². The summed E-state index contributed by atoms with van der Waals surface area (Å²) >= 11 is 0. The summed E-state index contributed by atoms with van der Waals surface area (Å²) in [7, 11) is 0. The molecule has 0 aliphatic carbocycles. The molecule has 3 N–H and O–H groups in total. The molecule has 1 aliphatic heterocycles. The van der Waals surface area contributed by atoms with Gasteiger partial charge in [0, 0.05) is 30.0 Å². The first-order valence-electron chi connectivity index (χ1n) is 8.27. The van der Waals surface area contributed by atoms with Crippen molar-refractivity contribution in [3.05, 3.63) is 59.7 Å². The molecule has 0 radical (unpaired) electrons. The van der Waals surface area contributed by atoms with Gasteiger partial charge >= 0.3 is 0 Å². The van der Waals surface area contributed by atoms with Gasteiger partial charge in [-0.1, -0.05) is 12.1 Å². The Morgan fingerprint density at radius 3 is 2.28 bits per heavy atom. The number of morpholine rings is 1. The summed E-state index contributed by atoms with van der Waals surface area (Å²) in [6, 6.07) is 14.9. The van der Waals surface area contributed by atoms with Crippen molar-refractivity contribution in [3.63, 3.8) is 0 Å². The lowest BCUT2D eigenvalue weighted by Gasteiger charge is -2.28. The van der Waals surface area contributed by atoms with Gasteiger partial charge in [0.1, 0.15) is 0 Å². The van der Waals surface area contributed by atoms with Gasteiger partial charge in [-0.05, 0) is 48.9 Å². The smallest absolute Gasteiger partial charge is 0.271 e. The van der Waals surface area contributed by atoms with Crippen molar-refractivity contribution in [2.24, 2.45) is 5.10 Å². The monoisotopic (exact) mass is 338 g/mol. The molecule has 130 valence electrons. The SMILES string of the molecule is C/C(=N/NC(=O)c1ccc(N)cc1)c1ccc(N2CCOCC2)cc1. The van der Waals surface area contributed by atoms with Crippen molar-refractivity contribution in [3.8, 4) is 0 Å². The van der Waals surface area contributed by atoms with Crippen LogP contribution in [0.5, 0.6) is 0 Å². The fraction of sp³-hybridized carbons (Fsp3) is 0.263. The minimum atomic E-state index is -0.260. The fourth-order valence-electron chi connectivity index (χ4n) is 2.63. The zero-order valence-corrected chi connectivity index (χ0v) is 14.2. The summed E-state index contributed by atoms with van der Waals surface area (Å²) in [5.74, 6) is -0.260. The molecule has 1 saturated heterocycles. The first-order valence-corrected chi connectivity index (χ1v) is 8.27. The van der Waals surface area contributed by atoms with Crippen LogP contribution in [0.15, 0.2) is 53.6 Å². The van der Waals surface area contributed by atoms with Crippen molar-refractivity contribution >= 4 is 23.0 Å². The third-order valence-electron chi connectivity index (χ3n) is 4.16. The zero-order valence-electron chi connectivity index (χ0n) is 14.2. The van der Waals surface area contributed by atoms with Crippen LogP contribution in [0.4, 0.5) is 11.4 Å². The van der Waals surface area contributed by atoms with E-state index >= 15 is 0 Å². The predicted molar refractivity (Wildman–Crippen MR) is 100 cm³/mol. The molecule has 3 rings (SSSR count). The minimum absolute atomic E-state index is 0.260. The Bertz CT molecular complexity index is 748. The van der Waals surface area contributed by atoms with Crippen molar-refractivity contribution in [2.45, 2.75) is 6.92 Å². The molecule has 0 saturated carbocycles. The maximum atomic E-state index is 12.1. The average Bonchev–Trinajstić information content (AvgIpc) is 2.67. The molecule has 1 heterocycles. The highest BCUT2D eigenvalue weighted by molar-refractivity contribution is 6.01. The topological polar surface area (TPSA) is 80.0 Å². The number of nitrogen functional groups attached to an aromatic ring is 1. The van der Waals surface area contributed by atoms with Crippen LogP contribution in [0.2, 0.25) is 0 Å². The van der Waals surface area contributed by atoms with Gasteiger partial charge in [-0.25, -0.2) is 5.43 Å². The summed E-state index contributed by atoms with van der Waals surface area (Å²) in [4.78, 5) is 14.4. The van der Waals surface area contributed by atoms with Crippen LogP contribution in [-0.4, -0.2) is 37.9 Å². The van der Waals surface area contributed by atoms with Gasteiger partial charge in [0.2, 0.25) is 0 Å². The number of anilines is 2. The highest BCUT2D eigenvalue weighted by atomic mass is 16.5. The number of ether oxygens (including phenoxy) is 1. The molecule has 2 aromatic carbocycles. The van der Waals surface area contributed by atoms with E-state index in [0.717, 1.165) is 37.6 Å². The van der Waals surface area contributed by atoms with Gasteiger partial charge in [-0.2, -0.15) is 5.10 Å². The van der Waals surface area contributed by atoms with Gasteiger partial charge in [0.25, 0.3) is 5.91 Å². The van der Waals surface area contributed by atoms with E-state index in [4.69, 9.17) is 10.5 Å². The summed E-state index contributed by atoms with van der Waals surface area (Å²) < 4.78 is 5.37. The maximum Gasteiger partial charge on any atom is 0.271 e. The molecule has 6 nitrogen and oxygen atoms in total. The number of nitrogens with zero attached hydrogens (tertiary/aromatic N) is 2. The Kier molecular flexibility index (Phi) is 5.30. The number of nitrogens with two attached hydrogens (primary N) is 1. The van der Waals surface area contributed by atoms with E-state index in [1.165, 1.54) is 5.69 Å². The zero-order chi connectivity index (χ0) is 17.6. The van der Waals surface area contributed by atoms with Gasteiger partial charge in [0.05, 0.1) is 18.9 Å². The quantitative estimate of drug-likeness (QED) is 0.509. The number of rotatable bonds is 4. The molecule has 2 aromatic rings. The van der Waals surface area contributed by atoms with Crippen LogP contribution in [0.3, 0.4) is 0 Å². The van der Waals surface area contributed by atoms with E-state index in [2.05, 4.69) is 27.6 Å². The number of carbonyl (C=O) groups excluding carboxylic acids is 1. The van der Waals surface area contributed by atoms with Crippen LogP contribution in [0.1, 0.15) is 22.8 Å². The van der Waals surface area contributed by atoms with E-state index in [1.54, 1.807) is 24.3 Å². The van der Waals surface area contributed by atoms with E-state index in [-0.39, 0.29) is 5.91 Å². The van der Waals surface area contributed by atoms with Crippen LogP contribution in [-0.2, 0) is 4.74 Å². The average molecular weight is 338 g/mol. The van der Waals surface area contributed by atoms with Crippen LogP contribution in [0, 0.1) is 0 Å².